The van der Waals surface area contributed by atoms with Crippen LogP contribution in [0.4, 0.5) is 5.69 Å². The number of fused-ring (bicyclic) bond motifs is 1. The van der Waals surface area contributed by atoms with Crippen molar-refractivity contribution < 1.29 is 23.7 Å². The van der Waals surface area contributed by atoms with E-state index in [9.17, 15) is 4.79 Å². The molecule has 4 rings (SSSR count). The maximum absolute atomic E-state index is 12.7. The van der Waals surface area contributed by atoms with Crippen LogP contribution in [-0.4, -0.2) is 47.3 Å². The predicted octanol–water partition coefficient (Wildman–Crippen LogP) is 5.23. The second-order valence-electron chi connectivity index (χ2n) is 8.53. The van der Waals surface area contributed by atoms with E-state index in [2.05, 4.69) is 29.2 Å². The number of amides is 1. The molecule has 0 unspecified atom stereocenters. The fourth-order valence-corrected chi connectivity index (χ4v) is 3.99. The van der Waals surface area contributed by atoms with E-state index in [1.54, 1.807) is 4.68 Å². The first-order chi connectivity index (χ1) is 17.6. The van der Waals surface area contributed by atoms with Crippen molar-refractivity contribution in [2.75, 3.05) is 31.9 Å². The molecule has 0 bridgehead atoms. The average molecular weight is 495 g/mol. The van der Waals surface area contributed by atoms with Crippen LogP contribution >= 0.6 is 0 Å². The highest BCUT2D eigenvalue weighted by Crippen LogP contribution is 2.36. The molecule has 0 aliphatic carbocycles. The minimum atomic E-state index is 0.0222. The van der Waals surface area contributed by atoms with Crippen molar-refractivity contribution in [3.8, 4) is 34.6 Å². The predicted molar refractivity (Wildman–Crippen MR) is 137 cm³/mol. The fraction of sp³-hybridized carbons (Fsp3) is 0.444. The van der Waals surface area contributed by atoms with E-state index in [1.807, 2.05) is 49.4 Å². The van der Waals surface area contributed by atoms with Crippen LogP contribution in [-0.2, 0) is 9.53 Å². The topological polar surface area (TPSA) is 96.7 Å². The van der Waals surface area contributed by atoms with Crippen LogP contribution in [0.25, 0.3) is 17.1 Å². The lowest BCUT2D eigenvalue weighted by Gasteiger charge is -2.15. The van der Waals surface area contributed by atoms with Gasteiger partial charge in [0.15, 0.2) is 17.3 Å². The van der Waals surface area contributed by atoms with E-state index in [0.29, 0.717) is 37.1 Å². The maximum Gasteiger partial charge on any atom is 0.336 e. The van der Waals surface area contributed by atoms with Gasteiger partial charge in [-0.1, -0.05) is 26.7 Å². The monoisotopic (exact) mass is 494 g/mol. The number of ether oxygens (including phenoxy) is 4. The highest BCUT2D eigenvalue weighted by molar-refractivity contribution is 5.92. The molecule has 3 aromatic rings. The van der Waals surface area contributed by atoms with Crippen LogP contribution in [0.1, 0.15) is 46.5 Å². The molecular weight excluding hydrogens is 460 g/mol. The van der Waals surface area contributed by atoms with Gasteiger partial charge in [0.2, 0.25) is 12.7 Å². The Kier molecular flexibility index (Phi) is 8.78. The molecular formula is C27H34N4O5. The van der Waals surface area contributed by atoms with Crippen molar-refractivity contribution in [1.82, 2.24) is 14.8 Å². The Morgan fingerprint density at radius 1 is 1.08 bits per heavy atom. The van der Waals surface area contributed by atoms with Gasteiger partial charge in [-0.05, 0) is 62.2 Å². The SMILES string of the molecule is CCCC[C@H](CC)C(=O)Nc1ccc(-n2nc(OCCOCC)nc2-c2ccc3c(c2)OCO3)cc1. The smallest absolute Gasteiger partial charge is 0.336 e. The number of carbonyl (C=O) groups is 1. The van der Waals surface area contributed by atoms with E-state index in [0.717, 1.165) is 42.6 Å². The van der Waals surface area contributed by atoms with Gasteiger partial charge in [0, 0.05) is 23.8 Å². The zero-order valence-electron chi connectivity index (χ0n) is 21.2. The summed E-state index contributed by atoms with van der Waals surface area (Å²) < 4.78 is 23.8. The van der Waals surface area contributed by atoms with Crippen LogP contribution in [0.3, 0.4) is 0 Å². The van der Waals surface area contributed by atoms with Gasteiger partial charge in [-0.15, -0.1) is 5.10 Å². The van der Waals surface area contributed by atoms with E-state index in [4.69, 9.17) is 18.9 Å². The molecule has 1 aliphatic heterocycles. The number of hydrogen-bond donors (Lipinski definition) is 1. The molecule has 0 radical (unpaired) electrons. The van der Waals surface area contributed by atoms with Gasteiger partial charge >= 0.3 is 6.01 Å². The molecule has 0 spiro atoms. The quantitative estimate of drug-likeness (QED) is 0.325. The molecule has 9 heteroatoms. The van der Waals surface area contributed by atoms with Gasteiger partial charge in [-0.25, -0.2) is 4.68 Å². The first kappa shape index (κ1) is 25.5. The summed E-state index contributed by atoms with van der Waals surface area (Å²) in [5.41, 5.74) is 2.34. The van der Waals surface area contributed by atoms with Crippen molar-refractivity contribution in [3.05, 3.63) is 42.5 Å². The van der Waals surface area contributed by atoms with Gasteiger partial charge in [0.1, 0.15) is 6.61 Å². The van der Waals surface area contributed by atoms with Gasteiger partial charge in [0.05, 0.1) is 12.3 Å². The number of carbonyl (C=O) groups excluding carboxylic acids is 1. The Hall–Kier alpha value is -3.59. The fourth-order valence-electron chi connectivity index (χ4n) is 3.99. The number of anilines is 1. The normalized spacial score (nSPS) is 13.0. The number of unbranched alkanes of at least 4 members (excludes halogenated alkanes) is 1. The first-order valence-electron chi connectivity index (χ1n) is 12.6. The van der Waals surface area contributed by atoms with E-state index in [-0.39, 0.29) is 24.6 Å². The molecule has 192 valence electrons. The number of hydrogen-bond acceptors (Lipinski definition) is 7. The number of nitrogens with one attached hydrogen (secondary N) is 1. The molecule has 1 amide bonds. The van der Waals surface area contributed by atoms with E-state index < -0.39 is 0 Å². The summed E-state index contributed by atoms with van der Waals surface area (Å²) in [5, 5.41) is 7.63. The van der Waals surface area contributed by atoms with Gasteiger partial charge < -0.3 is 24.3 Å². The number of aromatic nitrogens is 3. The lowest BCUT2D eigenvalue weighted by molar-refractivity contribution is -0.120. The summed E-state index contributed by atoms with van der Waals surface area (Å²) in [5.74, 6) is 2.04. The van der Waals surface area contributed by atoms with Crippen molar-refractivity contribution in [2.24, 2.45) is 5.92 Å². The molecule has 1 atom stereocenters. The molecule has 1 aliphatic rings. The molecule has 2 heterocycles. The molecule has 0 fully saturated rings. The second kappa shape index (κ2) is 12.4. The van der Waals surface area contributed by atoms with Crippen LogP contribution in [0.15, 0.2) is 42.5 Å². The zero-order chi connectivity index (χ0) is 25.3. The molecule has 0 saturated heterocycles. The van der Waals surface area contributed by atoms with Crippen LogP contribution < -0.4 is 19.5 Å². The summed E-state index contributed by atoms with van der Waals surface area (Å²) in [6, 6.07) is 13.4. The second-order valence-corrected chi connectivity index (χ2v) is 8.53. The molecule has 1 aromatic heterocycles. The third-order valence-corrected chi connectivity index (χ3v) is 6.03. The van der Waals surface area contributed by atoms with Crippen LogP contribution in [0.2, 0.25) is 0 Å². The van der Waals surface area contributed by atoms with Crippen molar-refractivity contribution in [1.29, 1.82) is 0 Å². The average Bonchev–Trinajstić information content (AvgIpc) is 3.54. The minimum absolute atomic E-state index is 0.0222. The first-order valence-corrected chi connectivity index (χ1v) is 12.6. The molecule has 9 nitrogen and oxygen atoms in total. The zero-order valence-corrected chi connectivity index (χ0v) is 21.2. The Labute approximate surface area is 211 Å². The van der Waals surface area contributed by atoms with Crippen LogP contribution in [0, 0.1) is 5.92 Å². The summed E-state index contributed by atoms with van der Waals surface area (Å²) >= 11 is 0. The third kappa shape index (κ3) is 6.15. The minimum Gasteiger partial charge on any atom is -0.460 e. The lowest BCUT2D eigenvalue weighted by Crippen LogP contribution is -2.22. The van der Waals surface area contributed by atoms with Gasteiger partial charge in [-0.2, -0.15) is 4.98 Å². The number of rotatable bonds is 13. The van der Waals surface area contributed by atoms with E-state index >= 15 is 0 Å². The van der Waals surface area contributed by atoms with Crippen molar-refractivity contribution in [2.45, 2.75) is 46.5 Å². The Balaban J connectivity index is 1.56. The maximum atomic E-state index is 12.7. The standard InChI is InChI=1S/C27H34N4O5/c1-4-7-8-19(5-2)26(32)28-21-10-12-22(13-11-21)31-25(29-27(30-31)34-16-15-33-6-3)20-9-14-23-24(17-20)36-18-35-23/h9-14,17,19H,4-8,15-16,18H2,1-3H3,(H,28,32)/t19-/m0/s1. The number of benzene rings is 2. The summed E-state index contributed by atoms with van der Waals surface area (Å²) in [4.78, 5) is 17.3. The van der Waals surface area contributed by atoms with Crippen molar-refractivity contribution in [3.63, 3.8) is 0 Å². The molecule has 36 heavy (non-hydrogen) atoms. The van der Waals surface area contributed by atoms with Gasteiger partial charge in [-0.3, -0.25) is 4.79 Å². The van der Waals surface area contributed by atoms with E-state index in [1.165, 1.54) is 0 Å². The highest BCUT2D eigenvalue weighted by atomic mass is 16.7. The lowest BCUT2D eigenvalue weighted by atomic mass is 9.98. The summed E-state index contributed by atoms with van der Waals surface area (Å²) in [6.45, 7) is 7.75. The Bertz CT molecular complexity index is 1150. The van der Waals surface area contributed by atoms with Crippen LogP contribution in [0.5, 0.6) is 17.5 Å². The Morgan fingerprint density at radius 3 is 2.64 bits per heavy atom. The molecule has 1 N–H and O–H groups in total. The third-order valence-electron chi connectivity index (χ3n) is 6.03. The Morgan fingerprint density at radius 2 is 1.89 bits per heavy atom. The highest BCUT2D eigenvalue weighted by Gasteiger charge is 2.20. The summed E-state index contributed by atoms with van der Waals surface area (Å²) in [6.07, 6.45) is 3.86. The molecule has 2 aromatic carbocycles. The largest absolute Gasteiger partial charge is 0.460 e. The molecule has 0 saturated carbocycles. The van der Waals surface area contributed by atoms with Gasteiger partial charge in [0.25, 0.3) is 0 Å². The summed E-state index contributed by atoms with van der Waals surface area (Å²) in [7, 11) is 0. The van der Waals surface area contributed by atoms with Crippen molar-refractivity contribution >= 4 is 11.6 Å². The number of nitrogens with zero attached hydrogens (tertiary/aromatic N) is 3.